The maximum Gasteiger partial charge on any atom is 0.143 e. The average Bonchev–Trinajstić information content (AvgIpc) is 2.49. The van der Waals surface area contributed by atoms with E-state index in [1.165, 1.54) is 10.5 Å². The molecule has 0 aliphatic carbocycles. The Morgan fingerprint density at radius 3 is 2.71 bits per heavy atom. The Morgan fingerprint density at radius 1 is 1.29 bits per heavy atom. The molecule has 1 heterocycles. The van der Waals surface area contributed by atoms with Crippen LogP contribution in [0, 0.1) is 10.5 Å². The number of ether oxygens (including phenoxy) is 1. The number of thioether (sulfide) groups is 1. The van der Waals surface area contributed by atoms with Crippen LogP contribution in [-0.2, 0) is 17.1 Å². The van der Waals surface area contributed by atoms with E-state index >= 15 is 0 Å². The molecule has 0 fully saturated rings. The van der Waals surface area contributed by atoms with Crippen LogP contribution >= 0.6 is 34.4 Å². The normalized spacial score (nSPS) is 10.7. The minimum Gasteiger partial charge on any atom is -0.378 e. The minimum absolute atomic E-state index is 0.498. The maximum atomic E-state index is 5.22. The highest BCUT2D eigenvalue weighted by molar-refractivity contribution is 14.1. The van der Waals surface area contributed by atoms with E-state index < -0.39 is 0 Å². The first-order valence-electron chi connectivity index (χ1n) is 6.56. The number of anilines is 1. The predicted octanol–water partition coefficient (Wildman–Crippen LogP) is 3.87. The number of hydrogen-bond donors (Lipinski definition) is 1. The van der Waals surface area contributed by atoms with Gasteiger partial charge in [0, 0.05) is 19.1 Å². The molecule has 0 amide bonds. The van der Waals surface area contributed by atoms with Crippen LogP contribution in [0.15, 0.2) is 29.2 Å². The number of nitrogens with one attached hydrogen (secondary N) is 1. The van der Waals surface area contributed by atoms with Crippen LogP contribution in [0.1, 0.15) is 17.1 Å². The second-order valence-electron chi connectivity index (χ2n) is 4.49. The molecule has 0 radical (unpaired) electrons. The van der Waals surface area contributed by atoms with Crippen molar-refractivity contribution in [1.82, 2.24) is 9.97 Å². The van der Waals surface area contributed by atoms with Gasteiger partial charge in [-0.25, -0.2) is 9.97 Å². The third-order valence-corrected chi connectivity index (χ3v) is 5.24. The Bertz CT molecular complexity index is 622. The lowest BCUT2D eigenvalue weighted by Gasteiger charge is -2.11. The number of hydrogen-bond acceptors (Lipinski definition) is 5. The van der Waals surface area contributed by atoms with Crippen LogP contribution in [0.4, 0.5) is 5.82 Å². The number of methoxy groups -OCH3 is 1. The van der Waals surface area contributed by atoms with Gasteiger partial charge in [0.25, 0.3) is 0 Å². The van der Waals surface area contributed by atoms with Gasteiger partial charge in [-0.15, -0.1) is 11.8 Å². The molecule has 2 aromatic rings. The van der Waals surface area contributed by atoms with Crippen molar-refractivity contribution in [3.05, 3.63) is 44.9 Å². The van der Waals surface area contributed by atoms with Crippen molar-refractivity contribution < 1.29 is 4.74 Å². The highest BCUT2D eigenvalue weighted by Gasteiger charge is 2.11. The van der Waals surface area contributed by atoms with Crippen molar-refractivity contribution >= 4 is 40.2 Å². The molecule has 0 atom stereocenters. The molecule has 0 unspecified atom stereocenters. The monoisotopic (exact) mass is 415 g/mol. The standard InChI is InChI=1S/C15H18IN3OS/c1-10-6-4-5-7-12(10)21-9-13-18-11(8-20-3)14(16)15(17-2)19-13/h4-7H,8-9H2,1-3H3,(H,17,18,19). The number of rotatable bonds is 6. The highest BCUT2D eigenvalue weighted by Crippen LogP contribution is 2.26. The first-order valence-corrected chi connectivity index (χ1v) is 8.62. The molecule has 0 aliphatic rings. The van der Waals surface area contributed by atoms with Crippen molar-refractivity contribution in [2.75, 3.05) is 19.5 Å². The van der Waals surface area contributed by atoms with E-state index in [-0.39, 0.29) is 0 Å². The fourth-order valence-corrected chi connectivity index (χ4v) is 3.42. The van der Waals surface area contributed by atoms with Crippen LogP contribution in [0.3, 0.4) is 0 Å². The number of benzene rings is 1. The first-order chi connectivity index (χ1) is 10.2. The molecule has 0 saturated carbocycles. The summed E-state index contributed by atoms with van der Waals surface area (Å²) in [4.78, 5) is 10.4. The summed E-state index contributed by atoms with van der Waals surface area (Å²) in [6, 6.07) is 8.35. The number of nitrogens with zero attached hydrogens (tertiary/aromatic N) is 2. The summed E-state index contributed by atoms with van der Waals surface area (Å²) in [5, 5.41) is 3.12. The molecule has 1 aromatic carbocycles. The number of halogens is 1. The van der Waals surface area contributed by atoms with Gasteiger partial charge in [-0.1, -0.05) is 18.2 Å². The van der Waals surface area contributed by atoms with Gasteiger partial charge in [0.05, 0.1) is 21.6 Å². The second-order valence-corrected chi connectivity index (χ2v) is 6.58. The Balaban J connectivity index is 2.20. The summed E-state index contributed by atoms with van der Waals surface area (Å²) < 4.78 is 6.23. The zero-order chi connectivity index (χ0) is 15.2. The molecule has 112 valence electrons. The van der Waals surface area contributed by atoms with E-state index in [2.05, 4.69) is 69.1 Å². The van der Waals surface area contributed by atoms with Crippen molar-refractivity contribution in [2.45, 2.75) is 24.2 Å². The smallest absolute Gasteiger partial charge is 0.143 e. The van der Waals surface area contributed by atoms with E-state index in [1.807, 2.05) is 7.05 Å². The van der Waals surface area contributed by atoms with Gasteiger partial charge in [-0.05, 0) is 41.1 Å². The molecule has 0 saturated heterocycles. The van der Waals surface area contributed by atoms with Gasteiger partial charge in [0.2, 0.25) is 0 Å². The summed E-state index contributed by atoms with van der Waals surface area (Å²) in [6.45, 7) is 2.62. The molecule has 0 bridgehead atoms. The zero-order valence-corrected chi connectivity index (χ0v) is 15.3. The Kier molecular flexibility index (Phi) is 6.25. The summed E-state index contributed by atoms with van der Waals surface area (Å²) in [5.74, 6) is 2.42. The highest BCUT2D eigenvalue weighted by atomic mass is 127. The molecule has 0 spiro atoms. The van der Waals surface area contributed by atoms with Gasteiger partial charge in [0.15, 0.2) is 0 Å². The van der Waals surface area contributed by atoms with Gasteiger partial charge >= 0.3 is 0 Å². The molecular formula is C15H18IN3OS. The zero-order valence-electron chi connectivity index (χ0n) is 12.3. The van der Waals surface area contributed by atoms with Gasteiger partial charge < -0.3 is 10.1 Å². The van der Waals surface area contributed by atoms with Gasteiger partial charge in [-0.2, -0.15) is 0 Å². The first kappa shape index (κ1) is 16.5. The second kappa shape index (κ2) is 7.95. The number of aromatic nitrogens is 2. The lowest BCUT2D eigenvalue weighted by Crippen LogP contribution is -2.07. The predicted molar refractivity (Wildman–Crippen MR) is 95.7 cm³/mol. The summed E-state index contributed by atoms with van der Waals surface area (Å²) in [6.07, 6.45) is 0. The quantitative estimate of drug-likeness (QED) is 0.574. The lowest BCUT2D eigenvalue weighted by atomic mass is 10.2. The van der Waals surface area contributed by atoms with Crippen LogP contribution in [0.2, 0.25) is 0 Å². The molecular weight excluding hydrogens is 397 g/mol. The van der Waals surface area contributed by atoms with Crippen molar-refractivity contribution in [3.63, 3.8) is 0 Å². The number of aryl methyl sites for hydroxylation is 1. The Morgan fingerprint density at radius 2 is 2.05 bits per heavy atom. The molecule has 6 heteroatoms. The summed E-state index contributed by atoms with van der Waals surface area (Å²) >= 11 is 4.01. The fraction of sp³-hybridized carbons (Fsp3) is 0.333. The van der Waals surface area contributed by atoms with E-state index in [0.29, 0.717) is 6.61 Å². The molecule has 21 heavy (non-hydrogen) atoms. The SMILES string of the molecule is CNc1nc(CSc2ccccc2C)nc(COC)c1I. The third-order valence-electron chi connectivity index (χ3n) is 2.93. The van der Waals surface area contributed by atoms with Crippen LogP contribution < -0.4 is 5.32 Å². The van der Waals surface area contributed by atoms with Crippen LogP contribution in [0.5, 0.6) is 0 Å². The van der Waals surface area contributed by atoms with Crippen LogP contribution in [0.25, 0.3) is 0 Å². The largest absolute Gasteiger partial charge is 0.378 e. The van der Waals surface area contributed by atoms with E-state index in [4.69, 9.17) is 4.74 Å². The Hall–Kier alpha value is -0.860. The van der Waals surface area contributed by atoms with E-state index in [1.54, 1.807) is 18.9 Å². The third kappa shape index (κ3) is 4.31. The van der Waals surface area contributed by atoms with Gasteiger partial charge in [0.1, 0.15) is 11.6 Å². The van der Waals surface area contributed by atoms with E-state index in [9.17, 15) is 0 Å². The molecule has 1 N–H and O–H groups in total. The van der Waals surface area contributed by atoms with E-state index in [0.717, 1.165) is 26.7 Å². The fourth-order valence-electron chi connectivity index (χ4n) is 1.87. The maximum absolute atomic E-state index is 5.22. The molecule has 0 aliphatic heterocycles. The molecule has 2 rings (SSSR count). The summed E-state index contributed by atoms with van der Waals surface area (Å²) in [7, 11) is 3.55. The van der Waals surface area contributed by atoms with Crippen molar-refractivity contribution in [2.24, 2.45) is 0 Å². The minimum atomic E-state index is 0.498. The van der Waals surface area contributed by atoms with Crippen molar-refractivity contribution in [3.8, 4) is 0 Å². The van der Waals surface area contributed by atoms with Crippen molar-refractivity contribution in [1.29, 1.82) is 0 Å². The lowest BCUT2D eigenvalue weighted by molar-refractivity contribution is 0.180. The van der Waals surface area contributed by atoms with Gasteiger partial charge in [-0.3, -0.25) is 0 Å². The summed E-state index contributed by atoms with van der Waals surface area (Å²) in [5.41, 5.74) is 2.21. The average molecular weight is 415 g/mol. The topological polar surface area (TPSA) is 47.0 Å². The van der Waals surface area contributed by atoms with Crippen LogP contribution in [-0.4, -0.2) is 24.1 Å². The molecule has 1 aromatic heterocycles. The Labute approximate surface area is 143 Å². The molecule has 4 nitrogen and oxygen atoms in total.